The topological polar surface area (TPSA) is 75.7 Å². The van der Waals surface area contributed by atoms with E-state index in [1.54, 1.807) is 37.3 Å². The van der Waals surface area contributed by atoms with Crippen molar-refractivity contribution in [1.29, 1.82) is 0 Å². The Morgan fingerprint density at radius 3 is 2.32 bits per heavy atom. The molecule has 6 nitrogen and oxygen atoms in total. The molecule has 1 N–H and O–H groups in total. The highest BCUT2D eigenvalue weighted by Gasteiger charge is 2.24. The number of carbonyl (C=O) groups excluding carboxylic acids is 1. The fourth-order valence-corrected chi connectivity index (χ4v) is 4.06. The van der Waals surface area contributed by atoms with Crippen molar-refractivity contribution in [3.05, 3.63) is 47.5 Å². The third kappa shape index (κ3) is 4.24. The maximum Gasteiger partial charge on any atom is 0.264 e. The third-order valence-corrected chi connectivity index (χ3v) is 5.69. The van der Waals surface area contributed by atoms with Gasteiger partial charge in [-0.25, -0.2) is 8.42 Å². The molecule has 1 amide bonds. The Labute approximate surface area is 152 Å². The summed E-state index contributed by atoms with van der Waals surface area (Å²) in [4.78, 5) is 11.2. The number of halogens is 1. The van der Waals surface area contributed by atoms with Crippen molar-refractivity contribution in [1.82, 2.24) is 0 Å². The van der Waals surface area contributed by atoms with Gasteiger partial charge in [0.2, 0.25) is 5.91 Å². The molecule has 0 atom stereocenters. The summed E-state index contributed by atoms with van der Waals surface area (Å²) in [6, 6.07) is 10.8. The first-order valence-corrected chi connectivity index (χ1v) is 9.35. The summed E-state index contributed by atoms with van der Waals surface area (Å²) in [5.41, 5.74) is 0.973. The van der Waals surface area contributed by atoms with Gasteiger partial charge in [0.05, 0.1) is 22.7 Å². The number of amides is 1. The minimum absolute atomic E-state index is 0.121. The summed E-state index contributed by atoms with van der Waals surface area (Å²) in [7, 11) is -2.27. The highest BCUT2D eigenvalue weighted by molar-refractivity contribution is 7.92. The van der Waals surface area contributed by atoms with E-state index in [4.69, 9.17) is 16.3 Å². The lowest BCUT2D eigenvalue weighted by atomic mass is 10.3. The van der Waals surface area contributed by atoms with Crippen LogP contribution in [-0.4, -0.2) is 28.0 Å². The molecular weight excluding hydrogens is 364 g/mol. The van der Waals surface area contributed by atoms with Gasteiger partial charge in [-0.3, -0.25) is 9.10 Å². The molecule has 2 aromatic rings. The first kappa shape index (κ1) is 19.1. The molecule has 2 aromatic carbocycles. The molecule has 0 radical (unpaired) electrons. The van der Waals surface area contributed by atoms with E-state index in [-0.39, 0.29) is 17.3 Å². The fourth-order valence-electron chi connectivity index (χ4n) is 2.34. The highest BCUT2D eigenvalue weighted by atomic mass is 35.5. The van der Waals surface area contributed by atoms with Crippen molar-refractivity contribution in [3.63, 3.8) is 0 Å². The summed E-state index contributed by atoms with van der Waals surface area (Å²) in [6.45, 7) is 3.36. The van der Waals surface area contributed by atoms with Crippen molar-refractivity contribution < 1.29 is 17.9 Å². The van der Waals surface area contributed by atoms with Crippen LogP contribution >= 0.6 is 11.6 Å². The Hall–Kier alpha value is -2.25. The molecule has 0 saturated carbocycles. The van der Waals surface area contributed by atoms with Gasteiger partial charge in [-0.1, -0.05) is 11.6 Å². The van der Waals surface area contributed by atoms with E-state index in [9.17, 15) is 13.2 Å². The number of carbonyl (C=O) groups is 1. The van der Waals surface area contributed by atoms with Crippen molar-refractivity contribution in [2.24, 2.45) is 0 Å². The van der Waals surface area contributed by atoms with Crippen LogP contribution in [0.25, 0.3) is 0 Å². The number of nitrogens with one attached hydrogen (secondary N) is 1. The van der Waals surface area contributed by atoms with Crippen molar-refractivity contribution in [2.45, 2.75) is 18.7 Å². The molecule has 0 unspecified atom stereocenters. The van der Waals surface area contributed by atoms with Crippen LogP contribution in [-0.2, 0) is 14.8 Å². The number of nitrogens with zero attached hydrogens (tertiary/aromatic N) is 1. The number of hydrogen-bond acceptors (Lipinski definition) is 4. The predicted octanol–water partition coefficient (Wildman–Crippen LogP) is 3.52. The average molecular weight is 383 g/mol. The van der Waals surface area contributed by atoms with E-state index in [1.165, 1.54) is 30.5 Å². The largest absolute Gasteiger partial charge is 0.495 e. The number of anilines is 2. The van der Waals surface area contributed by atoms with E-state index in [0.717, 1.165) is 0 Å². The quantitative estimate of drug-likeness (QED) is 0.829. The molecule has 134 valence electrons. The maximum atomic E-state index is 12.9. The van der Waals surface area contributed by atoms with Gasteiger partial charge in [-0.05, 0) is 49.4 Å². The van der Waals surface area contributed by atoms with Crippen LogP contribution in [0.4, 0.5) is 11.4 Å². The molecule has 0 spiro atoms. The minimum Gasteiger partial charge on any atom is -0.495 e. The molecule has 0 aliphatic carbocycles. The fraction of sp³-hybridized carbons (Fsp3) is 0.235. The van der Waals surface area contributed by atoms with Crippen LogP contribution in [0.5, 0.6) is 5.75 Å². The van der Waals surface area contributed by atoms with Gasteiger partial charge in [0.15, 0.2) is 0 Å². The molecule has 25 heavy (non-hydrogen) atoms. The van der Waals surface area contributed by atoms with Crippen LogP contribution in [0.1, 0.15) is 13.8 Å². The van der Waals surface area contributed by atoms with Crippen molar-refractivity contribution in [2.75, 3.05) is 23.3 Å². The van der Waals surface area contributed by atoms with Gasteiger partial charge >= 0.3 is 0 Å². The summed E-state index contributed by atoms with van der Waals surface area (Å²) in [5, 5.41) is 2.93. The van der Waals surface area contributed by atoms with Gasteiger partial charge < -0.3 is 10.1 Å². The lowest BCUT2D eigenvalue weighted by molar-refractivity contribution is -0.114. The van der Waals surface area contributed by atoms with E-state index < -0.39 is 10.0 Å². The molecule has 0 fully saturated rings. The van der Waals surface area contributed by atoms with Gasteiger partial charge in [0.1, 0.15) is 5.75 Å². The lowest BCUT2D eigenvalue weighted by Gasteiger charge is -2.23. The van der Waals surface area contributed by atoms with E-state index in [1.807, 2.05) is 0 Å². The molecule has 0 aliphatic heterocycles. The smallest absolute Gasteiger partial charge is 0.264 e. The molecule has 0 saturated heterocycles. The maximum absolute atomic E-state index is 12.9. The second kappa shape index (κ2) is 7.76. The lowest BCUT2D eigenvalue weighted by Crippen LogP contribution is -2.30. The summed E-state index contributed by atoms with van der Waals surface area (Å²) < 4.78 is 32.2. The normalized spacial score (nSPS) is 11.0. The van der Waals surface area contributed by atoms with Crippen LogP contribution in [0.3, 0.4) is 0 Å². The summed E-state index contributed by atoms with van der Waals surface area (Å²) in [5.74, 6) is 0.247. The standard InChI is InChI=1S/C17H19ClN2O4S/c1-4-20(14-7-10-17(24-3)16(18)11-14)25(22,23)15-8-5-13(6-9-15)19-12(2)21/h5-11H,4H2,1-3H3,(H,19,21). The number of hydrogen-bond donors (Lipinski definition) is 1. The van der Waals surface area contributed by atoms with Crippen LogP contribution in [0, 0.1) is 0 Å². The Morgan fingerprint density at radius 2 is 1.84 bits per heavy atom. The first-order valence-electron chi connectivity index (χ1n) is 7.53. The van der Waals surface area contributed by atoms with Gasteiger partial charge in [-0.15, -0.1) is 0 Å². The Morgan fingerprint density at radius 1 is 1.20 bits per heavy atom. The van der Waals surface area contributed by atoms with Gasteiger partial charge in [0, 0.05) is 19.2 Å². The van der Waals surface area contributed by atoms with Gasteiger partial charge in [0.25, 0.3) is 10.0 Å². The third-order valence-electron chi connectivity index (χ3n) is 3.47. The SMILES string of the molecule is CCN(c1ccc(OC)c(Cl)c1)S(=O)(=O)c1ccc(NC(C)=O)cc1. The van der Waals surface area contributed by atoms with E-state index in [0.29, 0.717) is 22.1 Å². The van der Waals surface area contributed by atoms with Crippen LogP contribution < -0.4 is 14.4 Å². The average Bonchev–Trinajstić information content (AvgIpc) is 2.55. The minimum atomic E-state index is -3.76. The molecule has 0 heterocycles. The first-order chi connectivity index (χ1) is 11.8. The zero-order chi connectivity index (χ0) is 18.6. The number of benzene rings is 2. The second-order valence-corrected chi connectivity index (χ2v) is 7.46. The predicted molar refractivity (Wildman–Crippen MR) is 99.0 cm³/mol. The Kier molecular flexibility index (Phi) is 5.92. The Balaban J connectivity index is 2.38. The zero-order valence-corrected chi connectivity index (χ0v) is 15.7. The van der Waals surface area contributed by atoms with Gasteiger partial charge in [-0.2, -0.15) is 0 Å². The highest BCUT2D eigenvalue weighted by Crippen LogP contribution is 2.32. The molecule has 0 aromatic heterocycles. The number of rotatable bonds is 6. The summed E-state index contributed by atoms with van der Waals surface area (Å²) in [6.07, 6.45) is 0. The van der Waals surface area contributed by atoms with E-state index >= 15 is 0 Å². The molecular formula is C17H19ClN2O4S. The molecule has 0 aliphatic rings. The number of sulfonamides is 1. The molecule has 0 bridgehead atoms. The van der Waals surface area contributed by atoms with Crippen LogP contribution in [0.2, 0.25) is 5.02 Å². The van der Waals surface area contributed by atoms with Crippen molar-refractivity contribution >= 4 is 38.9 Å². The zero-order valence-electron chi connectivity index (χ0n) is 14.1. The van der Waals surface area contributed by atoms with E-state index in [2.05, 4.69) is 5.32 Å². The molecule has 2 rings (SSSR count). The monoisotopic (exact) mass is 382 g/mol. The van der Waals surface area contributed by atoms with Crippen molar-refractivity contribution in [3.8, 4) is 5.75 Å². The Bertz CT molecular complexity index is 867. The summed E-state index contributed by atoms with van der Waals surface area (Å²) >= 11 is 6.11. The van der Waals surface area contributed by atoms with Crippen LogP contribution in [0.15, 0.2) is 47.4 Å². The molecule has 8 heteroatoms. The second-order valence-electron chi connectivity index (χ2n) is 5.19. The number of methoxy groups -OCH3 is 1. The number of ether oxygens (including phenoxy) is 1.